The molecule has 0 amide bonds. The van der Waals surface area contributed by atoms with Crippen molar-refractivity contribution in [2.45, 2.75) is 23.5 Å². The molecule has 0 radical (unpaired) electrons. The largest absolute Gasteiger partial charge is 0.253 e. The minimum Gasteiger partial charge on any atom is -0.206 e. The predicted octanol–water partition coefficient (Wildman–Crippen LogP) is 3.54. The molecule has 7 heteroatoms. The highest BCUT2D eigenvalue weighted by atomic mass is 79.9. The van der Waals surface area contributed by atoms with Gasteiger partial charge in [0.2, 0.25) is 0 Å². The van der Waals surface area contributed by atoms with Gasteiger partial charge in [-0.15, -0.1) is 22.9 Å². The second-order valence-electron chi connectivity index (χ2n) is 4.40. The average molecular weight is 373 g/mol. The van der Waals surface area contributed by atoms with Gasteiger partial charge in [0.05, 0.1) is 0 Å². The molecule has 1 aliphatic heterocycles. The van der Waals surface area contributed by atoms with Gasteiger partial charge in [0.25, 0.3) is 10.0 Å². The van der Waals surface area contributed by atoms with Gasteiger partial charge >= 0.3 is 0 Å². The Morgan fingerprint density at radius 2 is 2.33 bits per heavy atom. The standard InChI is InChI=1S/C11H15BrClNO2S2/c12-10-4-7-17-11(10)18(15,16)14-6-1-2-9(8-14)3-5-13/h4,7,9H,1-3,5-6,8H2. The molecular weight excluding hydrogens is 358 g/mol. The van der Waals surface area contributed by atoms with Crippen molar-refractivity contribution in [2.24, 2.45) is 5.92 Å². The normalized spacial score (nSPS) is 22.2. The van der Waals surface area contributed by atoms with Crippen LogP contribution >= 0.6 is 38.9 Å². The van der Waals surface area contributed by atoms with E-state index < -0.39 is 10.0 Å². The van der Waals surface area contributed by atoms with Crippen LogP contribution in [0, 0.1) is 5.92 Å². The summed E-state index contributed by atoms with van der Waals surface area (Å²) in [4.78, 5) is 0. The fourth-order valence-electron chi connectivity index (χ4n) is 2.22. The molecular formula is C11H15BrClNO2S2. The zero-order valence-corrected chi connectivity index (χ0v) is 13.8. The van der Waals surface area contributed by atoms with E-state index in [0.29, 0.717) is 33.6 Å². The molecule has 1 saturated heterocycles. The van der Waals surface area contributed by atoms with E-state index in [2.05, 4.69) is 15.9 Å². The van der Waals surface area contributed by atoms with Crippen LogP contribution in [0.25, 0.3) is 0 Å². The molecule has 1 unspecified atom stereocenters. The lowest BCUT2D eigenvalue weighted by Crippen LogP contribution is -2.39. The topological polar surface area (TPSA) is 37.4 Å². The van der Waals surface area contributed by atoms with Crippen LogP contribution in [0.5, 0.6) is 0 Å². The van der Waals surface area contributed by atoms with Crippen molar-refractivity contribution in [2.75, 3.05) is 19.0 Å². The number of hydrogen-bond acceptors (Lipinski definition) is 3. The number of piperidine rings is 1. The molecule has 0 spiro atoms. The van der Waals surface area contributed by atoms with Crippen LogP contribution in [-0.2, 0) is 10.0 Å². The Hall–Kier alpha value is 0.380. The smallest absolute Gasteiger partial charge is 0.206 e. The van der Waals surface area contributed by atoms with Crippen molar-refractivity contribution in [3.63, 3.8) is 0 Å². The Morgan fingerprint density at radius 1 is 1.56 bits per heavy atom. The number of halogens is 2. The molecule has 0 aromatic carbocycles. The van der Waals surface area contributed by atoms with Crippen LogP contribution in [0.4, 0.5) is 0 Å². The lowest BCUT2D eigenvalue weighted by atomic mass is 9.97. The van der Waals surface area contributed by atoms with Crippen molar-refractivity contribution < 1.29 is 8.42 Å². The number of rotatable bonds is 4. The van der Waals surface area contributed by atoms with Crippen LogP contribution in [0.3, 0.4) is 0 Å². The Labute approximate surface area is 125 Å². The van der Waals surface area contributed by atoms with Crippen LogP contribution in [0.15, 0.2) is 20.1 Å². The van der Waals surface area contributed by atoms with Crippen molar-refractivity contribution >= 4 is 48.9 Å². The lowest BCUT2D eigenvalue weighted by molar-refractivity contribution is 0.262. The zero-order valence-electron chi connectivity index (χ0n) is 9.81. The van der Waals surface area contributed by atoms with Gasteiger partial charge in [-0.05, 0) is 52.6 Å². The molecule has 1 aliphatic rings. The van der Waals surface area contributed by atoms with E-state index >= 15 is 0 Å². The number of nitrogens with zero attached hydrogens (tertiary/aromatic N) is 1. The predicted molar refractivity (Wildman–Crippen MR) is 78.8 cm³/mol. The highest BCUT2D eigenvalue weighted by Gasteiger charge is 2.31. The molecule has 1 atom stereocenters. The molecule has 18 heavy (non-hydrogen) atoms. The molecule has 0 aliphatic carbocycles. The maximum Gasteiger partial charge on any atom is 0.253 e. The van der Waals surface area contributed by atoms with Gasteiger partial charge in [-0.2, -0.15) is 4.31 Å². The summed E-state index contributed by atoms with van der Waals surface area (Å²) in [6, 6.07) is 1.78. The summed E-state index contributed by atoms with van der Waals surface area (Å²) < 4.78 is 27.7. The summed E-state index contributed by atoms with van der Waals surface area (Å²) in [6.07, 6.45) is 2.88. The van der Waals surface area contributed by atoms with Crippen LogP contribution < -0.4 is 0 Å². The first-order valence-corrected chi connectivity index (χ1v) is 9.49. The number of thiophene rings is 1. The number of hydrogen-bond donors (Lipinski definition) is 0. The molecule has 0 saturated carbocycles. The Bertz CT molecular complexity index is 501. The van der Waals surface area contributed by atoms with Crippen molar-refractivity contribution in [1.82, 2.24) is 4.31 Å². The van der Waals surface area contributed by atoms with Gasteiger partial charge in [-0.3, -0.25) is 0 Å². The van der Waals surface area contributed by atoms with Crippen LogP contribution in [0.1, 0.15) is 19.3 Å². The summed E-state index contributed by atoms with van der Waals surface area (Å²) in [5.74, 6) is 0.992. The summed E-state index contributed by atoms with van der Waals surface area (Å²) in [5, 5.41) is 1.79. The first-order chi connectivity index (χ1) is 8.55. The Morgan fingerprint density at radius 3 is 2.94 bits per heavy atom. The van der Waals surface area contributed by atoms with E-state index in [1.54, 1.807) is 15.8 Å². The molecule has 102 valence electrons. The quantitative estimate of drug-likeness (QED) is 0.758. The van der Waals surface area contributed by atoms with Crippen molar-refractivity contribution in [3.8, 4) is 0 Å². The van der Waals surface area contributed by atoms with Gasteiger partial charge in [-0.1, -0.05) is 0 Å². The molecule has 0 N–H and O–H groups in total. The third-order valence-corrected chi connectivity index (χ3v) is 7.89. The minimum absolute atomic E-state index is 0.393. The fourth-order valence-corrected chi connectivity index (χ4v) is 6.53. The third-order valence-electron chi connectivity index (χ3n) is 3.16. The average Bonchev–Trinajstić information content (AvgIpc) is 2.77. The molecule has 1 aromatic heterocycles. The van der Waals surface area contributed by atoms with E-state index in [1.807, 2.05) is 0 Å². The molecule has 1 aromatic rings. The number of alkyl halides is 1. The summed E-state index contributed by atoms with van der Waals surface area (Å²) in [6.45, 7) is 1.21. The molecule has 0 bridgehead atoms. The van der Waals surface area contributed by atoms with Gasteiger partial charge in [-0.25, -0.2) is 8.42 Å². The monoisotopic (exact) mass is 371 g/mol. The third kappa shape index (κ3) is 3.10. The maximum absolute atomic E-state index is 12.5. The fraction of sp³-hybridized carbons (Fsp3) is 0.636. The molecule has 2 rings (SSSR count). The zero-order chi connectivity index (χ0) is 13.2. The molecule has 2 heterocycles. The lowest BCUT2D eigenvalue weighted by Gasteiger charge is -2.31. The summed E-state index contributed by atoms with van der Waals surface area (Å²) in [5.41, 5.74) is 0. The van der Waals surface area contributed by atoms with Gasteiger partial charge < -0.3 is 0 Å². The van der Waals surface area contributed by atoms with E-state index in [1.165, 1.54) is 11.3 Å². The van der Waals surface area contributed by atoms with Crippen LogP contribution in [-0.4, -0.2) is 31.7 Å². The maximum atomic E-state index is 12.5. The van der Waals surface area contributed by atoms with Gasteiger partial charge in [0.15, 0.2) is 0 Å². The molecule has 1 fully saturated rings. The van der Waals surface area contributed by atoms with Gasteiger partial charge in [0.1, 0.15) is 4.21 Å². The van der Waals surface area contributed by atoms with Gasteiger partial charge in [0, 0.05) is 23.4 Å². The highest BCUT2D eigenvalue weighted by molar-refractivity contribution is 9.10. The van der Waals surface area contributed by atoms with E-state index in [4.69, 9.17) is 11.6 Å². The molecule has 3 nitrogen and oxygen atoms in total. The second kappa shape index (κ2) is 6.22. The first kappa shape index (κ1) is 14.8. The Kier molecular flexibility index (Phi) is 5.11. The number of sulfonamides is 1. The van der Waals surface area contributed by atoms with Crippen molar-refractivity contribution in [3.05, 3.63) is 15.9 Å². The summed E-state index contributed by atoms with van der Waals surface area (Å²) >= 11 is 10.3. The Balaban J connectivity index is 2.18. The highest BCUT2D eigenvalue weighted by Crippen LogP contribution is 2.32. The van der Waals surface area contributed by atoms with Crippen LogP contribution in [0.2, 0.25) is 0 Å². The SMILES string of the molecule is O=S(=O)(c1sccc1Br)N1CCCC(CCCl)C1. The summed E-state index contributed by atoms with van der Waals surface area (Å²) in [7, 11) is -3.34. The van der Waals surface area contributed by atoms with E-state index in [-0.39, 0.29) is 0 Å². The first-order valence-electron chi connectivity index (χ1n) is 5.85. The second-order valence-corrected chi connectivity index (χ2v) is 8.69. The van der Waals surface area contributed by atoms with Crippen molar-refractivity contribution in [1.29, 1.82) is 0 Å². The minimum atomic E-state index is -3.34. The van der Waals surface area contributed by atoms with E-state index in [0.717, 1.165) is 19.3 Å². The van der Waals surface area contributed by atoms with E-state index in [9.17, 15) is 8.42 Å².